The molecule has 0 radical (unpaired) electrons. The van der Waals surface area contributed by atoms with E-state index < -0.39 is 0 Å². The van der Waals surface area contributed by atoms with Crippen LogP contribution in [0.25, 0.3) is 0 Å². The predicted octanol–water partition coefficient (Wildman–Crippen LogP) is 0.895. The number of piperazine rings is 1. The first-order chi connectivity index (χ1) is 7.22. The SMILES string of the molecule is CCCN1CCN(CC2(N)CCC2)CC1. The highest BCUT2D eigenvalue weighted by Crippen LogP contribution is 2.30. The summed E-state index contributed by atoms with van der Waals surface area (Å²) in [5.41, 5.74) is 6.45. The summed E-state index contributed by atoms with van der Waals surface area (Å²) in [6, 6.07) is 0. The Morgan fingerprint density at radius 1 is 1.07 bits per heavy atom. The van der Waals surface area contributed by atoms with Crippen LogP contribution in [0.2, 0.25) is 0 Å². The molecule has 88 valence electrons. The molecule has 1 saturated heterocycles. The molecule has 1 saturated carbocycles. The molecule has 2 fully saturated rings. The van der Waals surface area contributed by atoms with Gasteiger partial charge in [-0.3, -0.25) is 4.90 Å². The highest BCUT2D eigenvalue weighted by molar-refractivity contribution is 4.95. The van der Waals surface area contributed by atoms with E-state index in [0.29, 0.717) is 0 Å². The Labute approximate surface area is 93.6 Å². The minimum atomic E-state index is 0.174. The Hall–Kier alpha value is -0.120. The van der Waals surface area contributed by atoms with Gasteiger partial charge in [-0.1, -0.05) is 6.92 Å². The Morgan fingerprint density at radius 3 is 2.13 bits per heavy atom. The summed E-state index contributed by atoms with van der Waals surface area (Å²) >= 11 is 0. The molecule has 0 aromatic heterocycles. The zero-order chi connectivity index (χ0) is 10.7. The third-order valence-electron chi connectivity index (χ3n) is 3.89. The molecular weight excluding hydrogens is 186 g/mol. The van der Waals surface area contributed by atoms with Crippen molar-refractivity contribution >= 4 is 0 Å². The van der Waals surface area contributed by atoms with Crippen LogP contribution in [0.4, 0.5) is 0 Å². The van der Waals surface area contributed by atoms with Crippen LogP contribution < -0.4 is 5.73 Å². The van der Waals surface area contributed by atoms with E-state index in [1.807, 2.05) is 0 Å². The third-order valence-corrected chi connectivity index (χ3v) is 3.89. The van der Waals surface area contributed by atoms with Crippen LogP contribution in [0.5, 0.6) is 0 Å². The van der Waals surface area contributed by atoms with Gasteiger partial charge in [0.25, 0.3) is 0 Å². The number of nitrogens with two attached hydrogens (primary N) is 1. The van der Waals surface area contributed by atoms with Crippen LogP contribution in [0.15, 0.2) is 0 Å². The Balaban J connectivity index is 1.69. The topological polar surface area (TPSA) is 32.5 Å². The lowest BCUT2D eigenvalue weighted by Crippen LogP contribution is -2.58. The molecule has 1 aliphatic carbocycles. The summed E-state index contributed by atoms with van der Waals surface area (Å²) < 4.78 is 0. The van der Waals surface area contributed by atoms with Crippen molar-refractivity contribution in [3.63, 3.8) is 0 Å². The molecule has 2 rings (SSSR count). The third kappa shape index (κ3) is 2.92. The van der Waals surface area contributed by atoms with Crippen molar-refractivity contribution in [2.75, 3.05) is 39.3 Å². The lowest BCUT2D eigenvalue weighted by Gasteiger charge is -2.44. The maximum absolute atomic E-state index is 6.27. The maximum atomic E-state index is 6.27. The van der Waals surface area contributed by atoms with Crippen LogP contribution in [0.3, 0.4) is 0 Å². The zero-order valence-corrected chi connectivity index (χ0v) is 10.0. The van der Waals surface area contributed by atoms with Crippen molar-refractivity contribution in [1.82, 2.24) is 9.80 Å². The number of hydrogen-bond donors (Lipinski definition) is 1. The van der Waals surface area contributed by atoms with Gasteiger partial charge in [-0.05, 0) is 32.2 Å². The van der Waals surface area contributed by atoms with Crippen molar-refractivity contribution in [1.29, 1.82) is 0 Å². The average Bonchev–Trinajstić information content (AvgIpc) is 2.19. The molecule has 15 heavy (non-hydrogen) atoms. The summed E-state index contributed by atoms with van der Waals surface area (Å²) in [5, 5.41) is 0. The van der Waals surface area contributed by atoms with Gasteiger partial charge in [0, 0.05) is 38.3 Å². The van der Waals surface area contributed by atoms with Crippen molar-refractivity contribution < 1.29 is 0 Å². The fraction of sp³-hybridized carbons (Fsp3) is 1.00. The van der Waals surface area contributed by atoms with Gasteiger partial charge in [-0.2, -0.15) is 0 Å². The maximum Gasteiger partial charge on any atom is 0.0283 e. The van der Waals surface area contributed by atoms with Crippen molar-refractivity contribution in [2.24, 2.45) is 5.73 Å². The fourth-order valence-corrected chi connectivity index (χ4v) is 2.72. The molecule has 0 spiro atoms. The van der Waals surface area contributed by atoms with Gasteiger partial charge in [-0.15, -0.1) is 0 Å². The van der Waals surface area contributed by atoms with Crippen LogP contribution in [-0.4, -0.2) is 54.6 Å². The van der Waals surface area contributed by atoms with E-state index >= 15 is 0 Å². The first-order valence-corrected chi connectivity index (χ1v) is 6.45. The van der Waals surface area contributed by atoms with Gasteiger partial charge in [0.2, 0.25) is 0 Å². The summed E-state index contributed by atoms with van der Waals surface area (Å²) in [6.07, 6.45) is 5.09. The normalized spacial score (nSPS) is 27.6. The number of hydrogen-bond acceptors (Lipinski definition) is 3. The smallest absolute Gasteiger partial charge is 0.0283 e. The van der Waals surface area contributed by atoms with Crippen LogP contribution in [0.1, 0.15) is 32.6 Å². The second-order valence-corrected chi connectivity index (χ2v) is 5.33. The quantitative estimate of drug-likeness (QED) is 0.750. The molecule has 0 aromatic rings. The first kappa shape index (κ1) is 11.4. The van der Waals surface area contributed by atoms with Crippen molar-refractivity contribution in [3.05, 3.63) is 0 Å². The molecule has 1 aliphatic heterocycles. The van der Waals surface area contributed by atoms with E-state index in [1.54, 1.807) is 0 Å². The first-order valence-electron chi connectivity index (χ1n) is 6.45. The summed E-state index contributed by atoms with van der Waals surface area (Å²) in [5.74, 6) is 0. The van der Waals surface area contributed by atoms with Crippen LogP contribution >= 0.6 is 0 Å². The highest BCUT2D eigenvalue weighted by atomic mass is 15.3. The van der Waals surface area contributed by atoms with E-state index in [4.69, 9.17) is 5.73 Å². The summed E-state index contributed by atoms with van der Waals surface area (Å²) in [7, 11) is 0. The molecule has 2 aliphatic rings. The van der Waals surface area contributed by atoms with Gasteiger partial charge in [0.15, 0.2) is 0 Å². The van der Waals surface area contributed by atoms with Crippen LogP contribution in [-0.2, 0) is 0 Å². The lowest BCUT2D eigenvalue weighted by atomic mass is 9.77. The van der Waals surface area contributed by atoms with Gasteiger partial charge in [0.1, 0.15) is 0 Å². The Bertz CT molecular complexity index is 193. The molecule has 2 N–H and O–H groups in total. The largest absolute Gasteiger partial charge is 0.324 e. The average molecular weight is 211 g/mol. The lowest BCUT2D eigenvalue weighted by molar-refractivity contribution is 0.0863. The fourth-order valence-electron chi connectivity index (χ4n) is 2.72. The van der Waals surface area contributed by atoms with Crippen molar-refractivity contribution in [2.45, 2.75) is 38.1 Å². The van der Waals surface area contributed by atoms with E-state index in [2.05, 4.69) is 16.7 Å². The van der Waals surface area contributed by atoms with Gasteiger partial charge in [-0.25, -0.2) is 0 Å². The number of nitrogens with zero attached hydrogens (tertiary/aromatic N) is 2. The molecule has 0 bridgehead atoms. The molecule has 0 atom stereocenters. The van der Waals surface area contributed by atoms with E-state index in [1.165, 1.54) is 58.4 Å². The molecule has 0 unspecified atom stereocenters. The van der Waals surface area contributed by atoms with E-state index in [9.17, 15) is 0 Å². The second-order valence-electron chi connectivity index (χ2n) is 5.33. The van der Waals surface area contributed by atoms with E-state index in [0.717, 1.165) is 6.54 Å². The molecule has 3 nitrogen and oxygen atoms in total. The Morgan fingerprint density at radius 2 is 1.67 bits per heavy atom. The van der Waals surface area contributed by atoms with Crippen molar-refractivity contribution in [3.8, 4) is 0 Å². The highest BCUT2D eigenvalue weighted by Gasteiger charge is 2.34. The molecule has 3 heteroatoms. The molecule has 1 heterocycles. The number of rotatable bonds is 4. The monoisotopic (exact) mass is 211 g/mol. The van der Waals surface area contributed by atoms with Gasteiger partial charge >= 0.3 is 0 Å². The minimum absolute atomic E-state index is 0.174. The van der Waals surface area contributed by atoms with Gasteiger partial charge in [0.05, 0.1) is 0 Å². The van der Waals surface area contributed by atoms with E-state index in [-0.39, 0.29) is 5.54 Å². The summed E-state index contributed by atoms with van der Waals surface area (Å²) in [6.45, 7) is 9.58. The zero-order valence-electron chi connectivity index (χ0n) is 10.0. The molecular formula is C12H25N3. The minimum Gasteiger partial charge on any atom is -0.324 e. The van der Waals surface area contributed by atoms with Crippen LogP contribution in [0, 0.1) is 0 Å². The summed E-state index contributed by atoms with van der Waals surface area (Å²) in [4.78, 5) is 5.13. The Kier molecular flexibility index (Phi) is 3.65. The standard InChI is InChI=1S/C12H25N3/c1-2-6-14-7-9-15(10-8-14)11-12(13)4-3-5-12/h2-11,13H2,1H3. The molecule has 0 aromatic carbocycles. The predicted molar refractivity (Wildman–Crippen MR) is 63.9 cm³/mol. The second kappa shape index (κ2) is 4.81. The van der Waals surface area contributed by atoms with Gasteiger partial charge < -0.3 is 10.6 Å². The molecule has 0 amide bonds.